The van der Waals surface area contributed by atoms with Crippen molar-refractivity contribution in [2.45, 2.75) is 37.0 Å². The standard InChI is InChI=1S/C16H14BrN5O/c17-10-5-3-8(4-6-10)11-7-12(11)16-19-15(22-23-16)14-18-13(20-21-14)9-1-2-9/h3-6,9,11-12H,1-2,7H2,(H,18,20,21)/t11-,12+/m0/s1. The van der Waals surface area contributed by atoms with Crippen LogP contribution in [0.25, 0.3) is 11.6 Å². The van der Waals surface area contributed by atoms with Gasteiger partial charge < -0.3 is 4.52 Å². The molecule has 0 bridgehead atoms. The number of halogens is 1. The Kier molecular flexibility index (Phi) is 2.91. The molecule has 2 heterocycles. The van der Waals surface area contributed by atoms with Crippen molar-refractivity contribution in [2.24, 2.45) is 0 Å². The summed E-state index contributed by atoms with van der Waals surface area (Å²) in [6.45, 7) is 0. The molecule has 116 valence electrons. The number of H-pyrrole nitrogens is 1. The number of aromatic nitrogens is 5. The fourth-order valence-corrected chi connectivity index (χ4v) is 3.20. The third-order valence-electron chi connectivity index (χ3n) is 4.51. The largest absolute Gasteiger partial charge is 0.339 e. The molecule has 0 unspecified atom stereocenters. The van der Waals surface area contributed by atoms with Gasteiger partial charge in [0, 0.05) is 16.3 Å². The number of aromatic amines is 1. The van der Waals surface area contributed by atoms with E-state index in [1.54, 1.807) is 0 Å². The summed E-state index contributed by atoms with van der Waals surface area (Å²) in [5, 5.41) is 11.2. The molecule has 2 atom stereocenters. The van der Waals surface area contributed by atoms with Crippen LogP contribution in [0.4, 0.5) is 0 Å². The molecule has 2 aliphatic rings. The molecule has 23 heavy (non-hydrogen) atoms. The summed E-state index contributed by atoms with van der Waals surface area (Å²) in [6.07, 6.45) is 3.41. The number of benzene rings is 1. The van der Waals surface area contributed by atoms with Gasteiger partial charge in [0.1, 0.15) is 5.82 Å². The second-order valence-corrected chi connectivity index (χ2v) is 7.19. The third-order valence-corrected chi connectivity index (χ3v) is 5.04. The second kappa shape index (κ2) is 4.99. The lowest BCUT2D eigenvalue weighted by Crippen LogP contribution is -1.87. The first-order valence-electron chi connectivity index (χ1n) is 7.79. The summed E-state index contributed by atoms with van der Waals surface area (Å²) in [5.74, 6) is 3.93. The predicted octanol–water partition coefficient (Wildman–Crippen LogP) is 3.77. The van der Waals surface area contributed by atoms with E-state index in [0.29, 0.717) is 35.3 Å². The summed E-state index contributed by atoms with van der Waals surface area (Å²) in [7, 11) is 0. The molecule has 0 amide bonds. The van der Waals surface area contributed by atoms with Crippen molar-refractivity contribution < 1.29 is 4.52 Å². The van der Waals surface area contributed by atoms with Gasteiger partial charge in [0.2, 0.25) is 17.5 Å². The van der Waals surface area contributed by atoms with Crippen molar-refractivity contribution in [3.05, 3.63) is 46.0 Å². The fourth-order valence-electron chi connectivity index (χ4n) is 2.94. The second-order valence-electron chi connectivity index (χ2n) is 6.27. The van der Waals surface area contributed by atoms with E-state index in [9.17, 15) is 0 Å². The monoisotopic (exact) mass is 371 g/mol. The van der Waals surface area contributed by atoms with Crippen LogP contribution in [0.2, 0.25) is 0 Å². The molecule has 0 radical (unpaired) electrons. The summed E-state index contributed by atoms with van der Waals surface area (Å²) in [6, 6.07) is 8.42. The first kappa shape index (κ1) is 13.4. The highest BCUT2D eigenvalue weighted by Gasteiger charge is 2.44. The Hall–Kier alpha value is -2.02. The summed E-state index contributed by atoms with van der Waals surface area (Å²) >= 11 is 3.46. The van der Waals surface area contributed by atoms with E-state index in [1.165, 1.54) is 18.4 Å². The zero-order valence-electron chi connectivity index (χ0n) is 12.2. The van der Waals surface area contributed by atoms with E-state index >= 15 is 0 Å². The van der Waals surface area contributed by atoms with Crippen molar-refractivity contribution in [1.29, 1.82) is 0 Å². The molecule has 3 aromatic rings. The number of hydrogen-bond donors (Lipinski definition) is 1. The van der Waals surface area contributed by atoms with Gasteiger partial charge in [-0.25, -0.2) is 4.98 Å². The van der Waals surface area contributed by atoms with Crippen molar-refractivity contribution in [3.63, 3.8) is 0 Å². The Balaban J connectivity index is 1.34. The molecule has 0 aliphatic heterocycles. The topological polar surface area (TPSA) is 80.5 Å². The molecule has 0 spiro atoms. The Morgan fingerprint density at radius 1 is 1.04 bits per heavy atom. The van der Waals surface area contributed by atoms with E-state index in [1.807, 2.05) is 0 Å². The van der Waals surface area contributed by atoms with E-state index in [-0.39, 0.29) is 0 Å². The number of nitrogens with one attached hydrogen (secondary N) is 1. The van der Waals surface area contributed by atoms with Crippen LogP contribution >= 0.6 is 15.9 Å². The van der Waals surface area contributed by atoms with E-state index in [2.05, 4.69) is 65.5 Å². The number of rotatable bonds is 4. The molecular weight excluding hydrogens is 358 g/mol. The van der Waals surface area contributed by atoms with Crippen molar-refractivity contribution >= 4 is 15.9 Å². The Morgan fingerprint density at radius 3 is 2.65 bits per heavy atom. The van der Waals surface area contributed by atoms with E-state index in [0.717, 1.165) is 16.7 Å². The number of nitrogens with zero attached hydrogens (tertiary/aromatic N) is 4. The van der Waals surface area contributed by atoms with Crippen LogP contribution in [0.1, 0.15) is 54.3 Å². The maximum Gasteiger partial charge on any atom is 0.242 e. The molecule has 2 saturated carbocycles. The highest BCUT2D eigenvalue weighted by atomic mass is 79.9. The van der Waals surface area contributed by atoms with Crippen LogP contribution in [0.15, 0.2) is 33.3 Å². The Morgan fingerprint density at radius 2 is 1.87 bits per heavy atom. The van der Waals surface area contributed by atoms with Crippen molar-refractivity contribution in [1.82, 2.24) is 25.3 Å². The molecule has 1 aromatic carbocycles. The summed E-state index contributed by atoms with van der Waals surface area (Å²) in [5.41, 5.74) is 1.31. The molecule has 5 rings (SSSR count). The quantitative estimate of drug-likeness (QED) is 0.754. The fraction of sp³-hybridized carbons (Fsp3) is 0.375. The van der Waals surface area contributed by atoms with Crippen LogP contribution in [0.5, 0.6) is 0 Å². The lowest BCUT2D eigenvalue weighted by Gasteiger charge is -1.98. The van der Waals surface area contributed by atoms with E-state index < -0.39 is 0 Å². The predicted molar refractivity (Wildman–Crippen MR) is 85.9 cm³/mol. The molecule has 2 fully saturated rings. The van der Waals surface area contributed by atoms with E-state index in [4.69, 9.17) is 4.52 Å². The normalized spacial score (nSPS) is 23.2. The van der Waals surface area contributed by atoms with Gasteiger partial charge in [-0.15, -0.1) is 5.10 Å². The molecule has 0 saturated heterocycles. The van der Waals surface area contributed by atoms with Gasteiger partial charge >= 0.3 is 0 Å². The molecule has 2 aliphatic carbocycles. The van der Waals surface area contributed by atoms with Gasteiger partial charge in [-0.2, -0.15) is 4.98 Å². The van der Waals surface area contributed by atoms with Gasteiger partial charge in [-0.3, -0.25) is 5.10 Å². The first-order valence-corrected chi connectivity index (χ1v) is 8.59. The maximum absolute atomic E-state index is 5.44. The SMILES string of the molecule is Brc1ccc([C@@H]2C[C@H]2c2nc(-c3n[nH]c(C4CC4)n3)no2)cc1. The summed E-state index contributed by atoms with van der Waals surface area (Å²) < 4.78 is 6.53. The lowest BCUT2D eigenvalue weighted by molar-refractivity contribution is 0.378. The van der Waals surface area contributed by atoms with Gasteiger partial charge in [0.25, 0.3) is 0 Å². The zero-order chi connectivity index (χ0) is 15.4. The van der Waals surface area contributed by atoms with Crippen molar-refractivity contribution in [2.75, 3.05) is 0 Å². The minimum atomic E-state index is 0.305. The van der Waals surface area contributed by atoms with Gasteiger partial charge in [0.05, 0.1) is 0 Å². The highest BCUT2D eigenvalue weighted by Crippen LogP contribution is 2.54. The first-order chi connectivity index (χ1) is 11.3. The summed E-state index contributed by atoms with van der Waals surface area (Å²) in [4.78, 5) is 8.96. The van der Waals surface area contributed by atoms with Crippen LogP contribution < -0.4 is 0 Å². The Labute approximate surface area is 140 Å². The van der Waals surface area contributed by atoms with Gasteiger partial charge in [-0.05, 0) is 42.9 Å². The molecule has 6 nitrogen and oxygen atoms in total. The van der Waals surface area contributed by atoms with Crippen LogP contribution in [-0.2, 0) is 0 Å². The molecule has 1 N–H and O–H groups in total. The zero-order valence-corrected chi connectivity index (χ0v) is 13.8. The van der Waals surface area contributed by atoms with Crippen molar-refractivity contribution in [3.8, 4) is 11.6 Å². The third kappa shape index (κ3) is 2.49. The minimum absolute atomic E-state index is 0.305. The average Bonchev–Trinajstić information content (AvgIpc) is 3.47. The van der Waals surface area contributed by atoms with Crippen LogP contribution in [-0.4, -0.2) is 25.3 Å². The van der Waals surface area contributed by atoms with Gasteiger partial charge in [-0.1, -0.05) is 33.2 Å². The van der Waals surface area contributed by atoms with Crippen LogP contribution in [0, 0.1) is 0 Å². The molecular formula is C16H14BrN5O. The smallest absolute Gasteiger partial charge is 0.242 e. The molecule has 2 aromatic heterocycles. The number of hydrogen-bond acceptors (Lipinski definition) is 5. The minimum Gasteiger partial charge on any atom is -0.339 e. The average molecular weight is 372 g/mol. The lowest BCUT2D eigenvalue weighted by atomic mass is 10.1. The maximum atomic E-state index is 5.44. The highest BCUT2D eigenvalue weighted by molar-refractivity contribution is 9.10. The van der Waals surface area contributed by atoms with Gasteiger partial charge in [0.15, 0.2) is 0 Å². The molecule has 7 heteroatoms. The Bertz CT molecular complexity index is 851. The van der Waals surface area contributed by atoms with Crippen LogP contribution in [0.3, 0.4) is 0 Å².